The van der Waals surface area contributed by atoms with Gasteiger partial charge in [0.2, 0.25) is 0 Å². The lowest BCUT2D eigenvalue weighted by Gasteiger charge is -2.51. The van der Waals surface area contributed by atoms with Gasteiger partial charge in [0.25, 0.3) is 0 Å². The van der Waals surface area contributed by atoms with Gasteiger partial charge in [-0.2, -0.15) is 0 Å². The molecule has 0 heterocycles. The number of benzene rings is 1. The highest BCUT2D eigenvalue weighted by Gasteiger charge is 2.55. The van der Waals surface area contributed by atoms with E-state index in [1.165, 1.54) is 37.7 Å². The third-order valence-corrected chi connectivity index (χ3v) is 7.26. The average molecular weight is 300 g/mol. The minimum atomic E-state index is -0.0549. The number of methoxy groups -OCH3 is 1. The molecule has 0 spiro atoms. The first kappa shape index (κ1) is 14.6. The number of hydrogen-bond donors (Lipinski definition) is 1. The topological polar surface area (TPSA) is 29.5 Å². The SMILES string of the molecule is CCC12CCC3c4ccc(OC)cc4CCC3C1CCC2O. The van der Waals surface area contributed by atoms with Crippen LogP contribution in [0.3, 0.4) is 0 Å². The average Bonchev–Trinajstić information content (AvgIpc) is 2.91. The lowest BCUT2D eigenvalue weighted by molar-refractivity contribution is -0.0394. The Labute approximate surface area is 133 Å². The molecule has 0 bridgehead atoms. The van der Waals surface area contributed by atoms with E-state index in [9.17, 15) is 5.11 Å². The second-order valence-corrected chi connectivity index (χ2v) is 7.70. The van der Waals surface area contributed by atoms with E-state index in [0.717, 1.165) is 30.4 Å². The number of aliphatic hydroxyl groups is 1. The summed E-state index contributed by atoms with van der Waals surface area (Å²) in [6.07, 6.45) is 8.30. The van der Waals surface area contributed by atoms with Gasteiger partial charge in [0.1, 0.15) is 5.75 Å². The Bertz CT molecular complexity index is 567. The van der Waals surface area contributed by atoms with Crippen LogP contribution in [0.5, 0.6) is 5.75 Å². The first-order chi connectivity index (χ1) is 10.7. The molecule has 5 atom stereocenters. The standard InChI is InChI=1S/C20H28O2/c1-3-20-11-10-16-15-7-5-14(22-2)12-13(15)4-6-17(16)18(20)8-9-19(20)21/h5,7,12,16-19,21H,3-4,6,8-11H2,1-2H3. The summed E-state index contributed by atoms with van der Waals surface area (Å²) in [5.74, 6) is 3.23. The first-order valence-electron chi connectivity index (χ1n) is 9.04. The smallest absolute Gasteiger partial charge is 0.119 e. The fourth-order valence-corrected chi connectivity index (χ4v) is 6.14. The van der Waals surface area contributed by atoms with E-state index >= 15 is 0 Å². The van der Waals surface area contributed by atoms with Crippen molar-refractivity contribution < 1.29 is 9.84 Å². The number of rotatable bonds is 2. The quantitative estimate of drug-likeness (QED) is 0.882. The highest BCUT2D eigenvalue weighted by Crippen LogP contribution is 2.62. The molecule has 120 valence electrons. The number of hydrogen-bond acceptors (Lipinski definition) is 2. The molecule has 0 saturated heterocycles. The molecule has 0 aromatic heterocycles. The summed E-state index contributed by atoms with van der Waals surface area (Å²) in [5.41, 5.74) is 3.30. The Hall–Kier alpha value is -1.02. The second-order valence-electron chi connectivity index (χ2n) is 7.70. The van der Waals surface area contributed by atoms with Gasteiger partial charge in [0.15, 0.2) is 0 Å². The van der Waals surface area contributed by atoms with Gasteiger partial charge < -0.3 is 9.84 Å². The van der Waals surface area contributed by atoms with Gasteiger partial charge in [-0.05, 0) is 91.4 Å². The van der Waals surface area contributed by atoms with Crippen molar-refractivity contribution in [3.05, 3.63) is 29.3 Å². The van der Waals surface area contributed by atoms with Crippen molar-refractivity contribution in [3.8, 4) is 5.75 Å². The third-order valence-electron chi connectivity index (χ3n) is 7.26. The number of fused-ring (bicyclic) bond motifs is 5. The van der Waals surface area contributed by atoms with E-state index in [4.69, 9.17) is 4.74 Å². The summed E-state index contributed by atoms with van der Waals surface area (Å²) in [6.45, 7) is 2.30. The summed E-state index contributed by atoms with van der Waals surface area (Å²) in [5, 5.41) is 10.6. The molecule has 22 heavy (non-hydrogen) atoms. The van der Waals surface area contributed by atoms with Crippen molar-refractivity contribution in [3.63, 3.8) is 0 Å². The summed E-state index contributed by atoms with van der Waals surface area (Å²) in [4.78, 5) is 0. The van der Waals surface area contributed by atoms with Gasteiger partial charge in [0.05, 0.1) is 13.2 Å². The van der Waals surface area contributed by atoms with E-state index in [2.05, 4.69) is 25.1 Å². The predicted molar refractivity (Wildman–Crippen MR) is 88.2 cm³/mol. The summed E-state index contributed by atoms with van der Waals surface area (Å²) >= 11 is 0. The number of ether oxygens (including phenoxy) is 1. The van der Waals surface area contributed by atoms with E-state index in [1.54, 1.807) is 12.7 Å². The summed E-state index contributed by atoms with van der Waals surface area (Å²) < 4.78 is 5.40. The molecular weight excluding hydrogens is 272 g/mol. The zero-order valence-corrected chi connectivity index (χ0v) is 13.8. The maximum Gasteiger partial charge on any atom is 0.119 e. The van der Waals surface area contributed by atoms with Crippen LogP contribution in [0.4, 0.5) is 0 Å². The molecule has 1 aromatic rings. The monoisotopic (exact) mass is 300 g/mol. The van der Waals surface area contributed by atoms with Gasteiger partial charge in [-0.25, -0.2) is 0 Å². The summed E-state index contributed by atoms with van der Waals surface area (Å²) in [6, 6.07) is 6.69. The summed E-state index contributed by atoms with van der Waals surface area (Å²) in [7, 11) is 1.75. The molecule has 0 aliphatic heterocycles. The van der Waals surface area contributed by atoms with Crippen molar-refractivity contribution >= 4 is 0 Å². The highest BCUT2D eigenvalue weighted by atomic mass is 16.5. The van der Waals surface area contributed by atoms with Crippen molar-refractivity contribution in [2.24, 2.45) is 17.3 Å². The van der Waals surface area contributed by atoms with Crippen molar-refractivity contribution in [2.75, 3.05) is 7.11 Å². The van der Waals surface area contributed by atoms with Gasteiger partial charge in [0, 0.05) is 0 Å². The molecule has 3 aliphatic rings. The molecule has 2 nitrogen and oxygen atoms in total. The van der Waals surface area contributed by atoms with E-state index in [0.29, 0.717) is 5.92 Å². The molecule has 1 aromatic carbocycles. The Morgan fingerprint density at radius 2 is 2.09 bits per heavy atom. The van der Waals surface area contributed by atoms with Crippen LogP contribution < -0.4 is 4.74 Å². The Balaban J connectivity index is 1.68. The van der Waals surface area contributed by atoms with Crippen LogP contribution in [0.25, 0.3) is 0 Å². The lowest BCUT2D eigenvalue weighted by Crippen LogP contribution is -2.45. The molecule has 0 amide bonds. The van der Waals surface area contributed by atoms with Crippen LogP contribution >= 0.6 is 0 Å². The third kappa shape index (κ3) is 1.89. The van der Waals surface area contributed by atoms with Crippen molar-refractivity contribution in [1.29, 1.82) is 0 Å². The lowest BCUT2D eigenvalue weighted by atomic mass is 9.54. The van der Waals surface area contributed by atoms with E-state index in [1.807, 2.05) is 0 Å². The molecule has 5 unspecified atom stereocenters. The fraction of sp³-hybridized carbons (Fsp3) is 0.700. The van der Waals surface area contributed by atoms with Gasteiger partial charge in [-0.15, -0.1) is 0 Å². The van der Waals surface area contributed by atoms with Crippen LogP contribution in [0.15, 0.2) is 18.2 Å². The molecule has 1 N–H and O–H groups in total. The predicted octanol–water partition coefficient (Wildman–Crippen LogP) is 4.30. The molecular formula is C20H28O2. The van der Waals surface area contributed by atoms with Crippen molar-refractivity contribution in [2.45, 2.75) is 63.9 Å². The Kier molecular flexibility index (Phi) is 3.48. The van der Waals surface area contributed by atoms with Gasteiger partial charge in [-0.1, -0.05) is 13.0 Å². The zero-order chi connectivity index (χ0) is 15.3. The minimum absolute atomic E-state index is 0.0549. The van der Waals surface area contributed by atoms with E-state index in [-0.39, 0.29) is 11.5 Å². The molecule has 2 saturated carbocycles. The number of aryl methyl sites for hydroxylation is 1. The van der Waals surface area contributed by atoms with Crippen LogP contribution in [-0.4, -0.2) is 18.3 Å². The second kappa shape index (κ2) is 5.26. The maximum atomic E-state index is 10.6. The van der Waals surface area contributed by atoms with Gasteiger partial charge in [-0.3, -0.25) is 0 Å². The molecule has 2 heteroatoms. The highest BCUT2D eigenvalue weighted by molar-refractivity contribution is 5.40. The largest absolute Gasteiger partial charge is 0.497 e. The van der Waals surface area contributed by atoms with E-state index < -0.39 is 0 Å². The maximum absolute atomic E-state index is 10.6. The van der Waals surface area contributed by atoms with Crippen LogP contribution in [0, 0.1) is 17.3 Å². The van der Waals surface area contributed by atoms with Crippen molar-refractivity contribution in [1.82, 2.24) is 0 Å². The first-order valence-corrected chi connectivity index (χ1v) is 9.04. The Morgan fingerprint density at radius 1 is 1.23 bits per heavy atom. The van der Waals surface area contributed by atoms with Crippen LogP contribution in [0.1, 0.15) is 62.5 Å². The molecule has 0 radical (unpaired) electrons. The number of aliphatic hydroxyl groups excluding tert-OH is 1. The zero-order valence-electron chi connectivity index (χ0n) is 13.8. The van der Waals surface area contributed by atoms with Gasteiger partial charge >= 0.3 is 0 Å². The molecule has 3 aliphatic carbocycles. The molecule has 2 fully saturated rings. The van der Waals surface area contributed by atoms with Crippen LogP contribution in [-0.2, 0) is 6.42 Å². The molecule has 4 rings (SSSR count). The van der Waals surface area contributed by atoms with Crippen LogP contribution in [0.2, 0.25) is 0 Å². The normalized spacial score (nSPS) is 39.8. The Morgan fingerprint density at radius 3 is 2.86 bits per heavy atom. The fourth-order valence-electron chi connectivity index (χ4n) is 6.14. The minimum Gasteiger partial charge on any atom is -0.497 e.